The van der Waals surface area contributed by atoms with Gasteiger partial charge in [0.1, 0.15) is 0 Å². The summed E-state index contributed by atoms with van der Waals surface area (Å²) < 4.78 is 16.5. The van der Waals surface area contributed by atoms with E-state index >= 15 is 0 Å². The average Bonchev–Trinajstić information content (AvgIpc) is 3.52. The molecule has 4 aromatic rings. The molecule has 0 unspecified atom stereocenters. The Bertz CT molecular complexity index is 1290. The van der Waals surface area contributed by atoms with Gasteiger partial charge in [-0.1, -0.05) is 29.4 Å². The normalized spacial score (nSPS) is 12.2. The lowest BCUT2D eigenvalue weighted by Crippen LogP contribution is -2.22. The van der Waals surface area contributed by atoms with Crippen molar-refractivity contribution >= 4 is 51.4 Å². The van der Waals surface area contributed by atoms with Gasteiger partial charge in [0.2, 0.25) is 18.6 Å². The molecule has 2 aromatic carbocycles. The summed E-state index contributed by atoms with van der Waals surface area (Å²) in [5, 5.41) is 11.7. The van der Waals surface area contributed by atoms with E-state index < -0.39 is 0 Å². The van der Waals surface area contributed by atoms with Crippen LogP contribution in [-0.2, 0) is 10.5 Å². The second-order valence-electron chi connectivity index (χ2n) is 6.69. The van der Waals surface area contributed by atoms with Crippen LogP contribution in [0.1, 0.15) is 12.6 Å². The number of carbonyl (C=O) groups excluding carboxylic acids is 1. The number of ether oxygens (including phenoxy) is 2. The van der Waals surface area contributed by atoms with Crippen LogP contribution >= 0.6 is 34.7 Å². The molecule has 3 heterocycles. The first-order chi connectivity index (χ1) is 15.6. The molecule has 0 saturated heterocycles. The van der Waals surface area contributed by atoms with Gasteiger partial charge in [-0.2, -0.15) is 0 Å². The van der Waals surface area contributed by atoms with Crippen molar-refractivity contribution in [3.63, 3.8) is 0 Å². The van der Waals surface area contributed by atoms with Crippen LogP contribution in [0.25, 0.3) is 11.5 Å². The highest BCUT2D eigenvalue weighted by Crippen LogP contribution is 2.36. The maximum absolute atomic E-state index is 12.2. The van der Waals surface area contributed by atoms with Crippen molar-refractivity contribution in [2.75, 3.05) is 11.7 Å². The highest BCUT2D eigenvalue weighted by Gasteiger charge is 2.20. The Labute approximate surface area is 196 Å². The van der Waals surface area contributed by atoms with Crippen LogP contribution in [0.2, 0.25) is 5.02 Å². The predicted octanol–water partition coefficient (Wildman–Crippen LogP) is 5.55. The monoisotopic (exact) mass is 486 g/mol. The lowest BCUT2D eigenvalue weighted by atomic mass is 10.2. The maximum atomic E-state index is 12.2. The van der Waals surface area contributed by atoms with Crippen molar-refractivity contribution in [2.24, 2.45) is 0 Å². The molecule has 0 fully saturated rings. The molecule has 11 heteroatoms. The van der Waals surface area contributed by atoms with E-state index in [1.807, 2.05) is 29.6 Å². The minimum Gasteiger partial charge on any atom is -0.454 e. The SMILES string of the molecule is CC(=O)N(c1cccc(Cl)c1)c1nc(CSc2nnc(-c3ccc4c(c3)OCO4)o2)cs1. The number of halogens is 1. The lowest BCUT2D eigenvalue weighted by Gasteiger charge is -2.18. The van der Waals surface area contributed by atoms with Gasteiger partial charge in [-0.15, -0.1) is 21.5 Å². The van der Waals surface area contributed by atoms with Gasteiger partial charge in [0.05, 0.1) is 11.4 Å². The summed E-state index contributed by atoms with van der Waals surface area (Å²) in [6, 6.07) is 12.6. The van der Waals surface area contributed by atoms with E-state index in [4.69, 9.17) is 25.5 Å². The fourth-order valence-electron chi connectivity index (χ4n) is 3.06. The summed E-state index contributed by atoms with van der Waals surface area (Å²) >= 11 is 8.83. The number of benzene rings is 2. The minimum absolute atomic E-state index is 0.147. The molecule has 0 bridgehead atoms. The number of amides is 1. The molecule has 0 aliphatic carbocycles. The first-order valence-corrected chi connectivity index (χ1v) is 11.7. The van der Waals surface area contributed by atoms with Gasteiger partial charge in [0.15, 0.2) is 16.6 Å². The summed E-state index contributed by atoms with van der Waals surface area (Å²) in [5.74, 6) is 2.11. The fourth-order valence-corrected chi connectivity index (χ4v) is 4.89. The molecule has 1 amide bonds. The van der Waals surface area contributed by atoms with Crippen LogP contribution in [-0.4, -0.2) is 27.9 Å². The molecule has 0 N–H and O–H groups in total. The predicted molar refractivity (Wildman–Crippen MR) is 122 cm³/mol. The van der Waals surface area contributed by atoms with Gasteiger partial charge >= 0.3 is 0 Å². The molecule has 2 aromatic heterocycles. The van der Waals surface area contributed by atoms with Crippen molar-refractivity contribution in [1.29, 1.82) is 0 Å². The number of anilines is 2. The Kier molecular flexibility index (Phi) is 5.73. The van der Waals surface area contributed by atoms with Crippen LogP contribution in [0.5, 0.6) is 11.5 Å². The van der Waals surface area contributed by atoms with Crippen molar-refractivity contribution in [2.45, 2.75) is 17.9 Å². The molecule has 32 heavy (non-hydrogen) atoms. The van der Waals surface area contributed by atoms with Crippen molar-refractivity contribution in [1.82, 2.24) is 15.2 Å². The Hall–Kier alpha value is -3.08. The van der Waals surface area contributed by atoms with Crippen LogP contribution in [0.4, 0.5) is 10.8 Å². The summed E-state index contributed by atoms with van der Waals surface area (Å²) in [7, 11) is 0. The molecule has 0 atom stereocenters. The Morgan fingerprint density at radius 2 is 2.06 bits per heavy atom. The summed E-state index contributed by atoms with van der Waals surface area (Å²) in [5.41, 5.74) is 2.22. The van der Waals surface area contributed by atoms with Gasteiger partial charge in [-0.25, -0.2) is 4.98 Å². The molecular formula is C21H15ClN4O4S2. The van der Waals surface area contributed by atoms with E-state index in [-0.39, 0.29) is 12.7 Å². The van der Waals surface area contributed by atoms with E-state index in [2.05, 4.69) is 15.2 Å². The Morgan fingerprint density at radius 3 is 2.91 bits per heavy atom. The van der Waals surface area contributed by atoms with E-state index in [1.165, 1.54) is 34.9 Å². The maximum Gasteiger partial charge on any atom is 0.277 e. The number of nitrogens with zero attached hydrogens (tertiary/aromatic N) is 4. The van der Waals surface area contributed by atoms with Crippen molar-refractivity contribution in [3.8, 4) is 23.0 Å². The Balaban J connectivity index is 1.28. The fraction of sp³-hybridized carbons (Fsp3) is 0.143. The van der Waals surface area contributed by atoms with Crippen LogP contribution in [0.3, 0.4) is 0 Å². The van der Waals surface area contributed by atoms with Gasteiger partial charge in [0, 0.05) is 28.6 Å². The third-order valence-electron chi connectivity index (χ3n) is 4.48. The molecule has 8 nitrogen and oxygen atoms in total. The van der Waals surface area contributed by atoms with Crippen LogP contribution < -0.4 is 14.4 Å². The first-order valence-electron chi connectivity index (χ1n) is 9.44. The highest BCUT2D eigenvalue weighted by molar-refractivity contribution is 7.98. The number of carbonyl (C=O) groups is 1. The molecule has 1 aliphatic rings. The molecule has 0 spiro atoms. The zero-order valence-corrected chi connectivity index (χ0v) is 19.0. The van der Waals surface area contributed by atoms with Crippen molar-refractivity contribution < 1.29 is 18.7 Å². The third-order valence-corrected chi connectivity index (χ3v) is 6.44. The zero-order valence-electron chi connectivity index (χ0n) is 16.6. The number of hydrogen-bond donors (Lipinski definition) is 0. The average molecular weight is 487 g/mol. The molecule has 162 valence electrons. The quantitative estimate of drug-likeness (QED) is 0.327. The first kappa shape index (κ1) is 20.8. The molecule has 5 rings (SSSR count). The second-order valence-corrected chi connectivity index (χ2v) is 8.89. The van der Waals surface area contributed by atoms with Gasteiger partial charge < -0.3 is 13.9 Å². The summed E-state index contributed by atoms with van der Waals surface area (Å²) in [6.07, 6.45) is 0. The van der Waals surface area contributed by atoms with E-state index in [0.717, 1.165) is 11.3 Å². The van der Waals surface area contributed by atoms with E-state index in [1.54, 1.807) is 18.2 Å². The van der Waals surface area contributed by atoms with Gasteiger partial charge in [-0.05, 0) is 36.4 Å². The minimum atomic E-state index is -0.147. The third kappa shape index (κ3) is 4.29. The van der Waals surface area contributed by atoms with E-state index in [9.17, 15) is 4.79 Å². The summed E-state index contributed by atoms with van der Waals surface area (Å²) in [6.45, 7) is 1.70. The number of rotatable bonds is 6. The zero-order chi connectivity index (χ0) is 22.1. The molecule has 1 aliphatic heterocycles. The number of hydrogen-bond acceptors (Lipinski definition) is 9. The Morgan fingerprint density at radius 1 is 1.19 bits per heavy atom. The standard InChI is InChI=1S/C21H15ClN4O4S2/c1-12(27)26(16-4-2-3-14(22)8-16)20-23-15(9-31-20)10-32-21-25-24-19(30-21)13-5-6-17-18(7-13)29-11-28-17/h2-9H,10-11H2,1H3. The lowest BCUT2D eigenvalue weighted by molar-refractivity contribution is -0.115. The number of thioether (sulfide) groups is 1. The van der Waals surface area contributed by atoms with E-state index in [0.29, 0.717) is 44.2 Å². The largest absolute Gasteiger partial charge is 0.454 e. The second kappa shape index (κ2) is 8.81. The molecular weight excluding hydrogens is 472 g/mol. The van der Waals surface area contributed by atoms with Crippen LogP contribution in [0.15, 0.2) is 57.5 Å². The summed E-state index contributed by atoms with van der Waals surface area (Å²) in [4.78, 5) is 18.4. The smallest absolute Gasteiger partial charge is 0.277 e. The van der Waals surface area contributed by atoms with Crippen LogP contribution in [0, 0.1) is 0 Å². The van der Waals surface area contributed by atoms with Crippen molar-refractivity contribution in [3.05, 3.63) is 58.6 Å². The number of fused-ring (bicyclic) bond motifs is 1. The van der Waals surface area contributed by atoms with Gasteiger partial charge in [0.25, 0.3) is 5.22 Å². The number of thiazole rings is 1. The molecule has 0 saturated carbocycles. The topological polar surface area (TPSA) is 90.6 Å². The van der Waals surface area contributed by atoms with Gasteiger partial charge in [-0.3, -0.25) is 9.69 Å². The highest BCUT2D eigenvalue weighted by atomic mass is 35.5. The molecule has 0 radical (unpaired) electrons. The number of aromatic nitrogens is 3.